The van der Waals surface area contributed by atoms with Crippen molar-refractivity contribution in [3.8, 4) is 22.3 Å². The SMILES string of the molecule is CCCCc1ccc(-c2c(-c3cc(F)c(F)c(F)c3)cc(F)c(C=O)c2F)cc1. The van der Waals surface area contributed by atoms with Crippen LogP contribution >= 0.6 is 0 Å². The van der Waals surface area contributed by atoms with E-state index in [2.05, 4.69) is 6.92 Å². The van der Waals surface area contributed by atoms with E-state index in [0.29, 0.717) is 17.7 Å². The van der Waals surface area contributed by atoms with Crippen LogP contribution in [0.3, 0.4) is 0 Å². The van der Waals surface area contributed by atoms with Crippen molar-refractivity contribution in [1.29, 1.82) is 0 Å². The van der Waals surface area contributed by atoms with Gasteiger partial charge in [0.25, 0.3) is 0 Å². The zero-order valence-corrected chi connectivity index (χ0v) is 15.5. The molecule has 0 saturated heterocycles. The molecule has 0 amide bonds. The smallest absolute Gasteiger partial charge is 0.194 e. The fourth-order valence-corrected chi connectivity index (χ4v) is 3.18. The van der Waals surface area contributed by atoms with Gasteiger partial charge in [-0.2, -0.15) is 0 Å². The number of carbonyl (C=O) groups excluding carboxylic acids is 1. The zero-order valence-electron chi connectivity index (χ0n) is 15.5. The van der Waals surface area contributed by atoms with Gasteiger partial charge in [0.15, 0.2) is 23.7 Å². The second-order valence-electron chi connectivity index (χ2n) is 6.68. The summed E-state index contributed by atoms with van der Waals surface area (Å²) in [6.07, 6.45) is 2.84. The van der Waals surface area contributed by atoms with Crippen molar-refractivity contribution in [3.05, 3.63) is 82.7 Å². The molecular weight excluding hydrogens is 387 g/mol. The van der Waals surface area contributed by atoms with Gasteiger partial charge in [-0.1, -0.05) is 37.6 Å². The molecule has 6 heteroatoms. The number of aryl methyl sites for hydroxylation is 1. The van der Waals surface area contributed by atoms with E-state index in [-0.39, 0.29) is 23.0 Å². The van der Waals surface area contributed by atoms with Crippen molar-refractivity contribution < 1.29 is 26.7 Å². The molecule has 29 heavy (non-hydrogen) atoms. The Morgan fingerprint density at radius 2 is 1.41 bits per heavy atom. The van der Waals surface area contributed by atoms with Crippen LogP contribution in [0.15, 0.2) is 42.5 Å². The van der Waals surface area contributed by atoms with Crippen LogP contribution in [-0.2, 0) is 6.42 Å². The molecule has 0 atom stereocenters. The number of rotatable bonds is 6. The number of aldehydes is 1. The zero-order chi connectivity index (χ0) is 21.1. The van der Waals surface area contributed by atoms with Crippen molar-refractivity contribution in [2.75, 3.05) is 0 Å². The summed E-state index contributed by atoms with van der Waals surface area (Å²) in [5.74, 6) is -6.98. The molecule has 0 aliphatic heterocycles. The van der Waals surface area contributed by atoms with E-state index < -0.39 is 34.6 Å². The Labute approximate surface area is 164 Å². The van der Waals surface area contributed by atoms with Gasteiger partial charge in [0, 0.05) is 5.56 Å². The largest absolute Gasteiger partial charge is 0.298 e. The first-order chi connectivity index (χ1) is 13.9. The summed E-state index contributed by atoms with van der Waals surface area (Å²) in [6.45, 7) is 2.05. The summed E-state index contributed by atoms with van der Waals surface area (Å²) in [7, 11) is 0. The minimum Gasteiger partial charge on any atom is -0.298 e. The summed E-state index contributed by atoms with van der Waals surface area (Å²) in [6, 6.07) is 8.86. The average molecular weight is 404 g/mol. The van der Waals surface area contributed by atoms with Gasteiger partial charge in [-0.15, -0.1) is 0 Å². The summed E-state index contributed by atoms with van der Waals surface area (Å²) < 4.78 is 70.0. The minimum absolute atomic E-state index is 0.0411. The Kier molecular flexibility index (Phi) is 6.11. The summed E-state index contributed by atoms with van der Waals surface area (Å²) in [5.41, 5.74) is -0.116. The van der Waals surface area contributed by atoms with E-state index in [1.807, 2.05) is 0 Å². The first kappa shape index (κ1) is 20.7. The lowest BCUT2D eigenvalue weighted by molar-refractivity contribution is 0.111. The van der Waals surface area contributed by atoms with Crippen LogP contribution < -0.4 is 0 Å². The highest BCUT2D eigenvalue weighted by Crippen LogP contribution is 2.38. The highest BCUT2D eigenvalue weighted by atomic mass is 19.2. The molecule has 3 aromatic rings. The van der Waals surface area contributed by atoms with Gasteiger partial charge in [-0.25, -0.2) is 22.0 Å². The van der Waals surface area contributed by atoms with Crippen LogP contribution in [0.5, 0.6) is 0 Å². The second-order valence-corrected chi connectivity index (χ2v) is 6.68. The molecule has 0 unspecified atom stereocenters. The Morgan fingerprint density at radius 3 is 1.97 bits per heavy atom. The number of halogens is 5. The third-order valence-electron chi connectivity index (χ3n) is 4.73. The molecule has 0 radical (unpaired) electrons. The molecule has 0 bridgehead atoms. The lowest BCUT2D eigenvalue weighted by atomic mass is 9.91. The highest BCUT2D eigenvalue weighted by molar-refractivity contribution is 5.89. The van der Waals surface area contributed by atoms with E-state index in [4.69, 9.17) is 0 Å². The van der Waals surface area contributed by atoms with Gasteiger partial charge in [-0.3, -0.25) is 4.79 Å². The molecular formula is C23H17F5O. The first-order valence-corrected chi connectivity index (χ1v) is 9.08. The Bertz CT molecular complexity index is 1030. The molecule has 3 rings (SSSR count). The van der Waals surface area contributed by atoms with Gasteiger partial charge in [-0.05, 0) is 53.3 Å². The molecule has 0 heterocycles. The molecule has 0 spiro atoms. The fourth-order valence-electron chi connectivity index (χ4n) is 3.18. The van der Waals surface area contributed by atoms with Gasteiger partial charge >= 0.3 is 0 Å². The lowest BCUT2D eigenvalue weighted by Crippen LogP contribution is -2.01. The van der Waals surface area contributed by atoms with Crippen LogP contribution in [0.4, 0.5) is 22.0 Å². The van der Waals surface area contributed by atoms with Gasteiger partial charge < -0.3 is 0 Å². The molecule has 0 saturated carbocycles. The molecule has 0 aliphatic rings. The van der Waals surface area contributed by atoms with Crippen LogP contribution in [0.25, 0.3) is 22.3 Å². The molecule has 0 aliphatic carbocycles. The normalized spacial score (nSPS) is 11.0. The topological polar surface area (TPSA) is 17.1 Å². The van der Waals surface area contributed by atoms with Crippen molar-refractivity contribution in [2.45, 2.75) is 26.2 Å². The maximum absolute atomic E-state index is 15.0. The van der Waals surface area contributed by atoms with Crippen molar-refractivity contribution in [3.63, 3.8) is 0 Å². The number of carbonyl (C=O) groups is 1. The van der Waals surface area contributed by atoms with Gasteiger partial charge in [0.05, 0.1) is 5.56 Å². The van der Waals surface area contributed by atoms with E-state index >= 15 is 4.39 Å². The summed E-state index contributed by atoms with van der Waals surface area (Å²) in [5, 5.41) is 0. The highest BCUT2D eigenvalue weighted by Gasteiger charge is 2.22. The van der Waals surface area contributed by atoms with Gasteiger partial charge in [0.1, 0.15) is 11.6 Å². The standard InChI is InChI=1S/C23H17F5O/c1-2-3-4-13-5-7-14(8-6-13)21-16(11-18(24)17(12-29)22(21)27)15-9-19(25)23(28)20(26)10-15/h5-12H,2-4H2,1H3. The van der Waals surface area contributed by atoms with Crippen LogP contribution in [0, 0.1) is 29.1 Å². The number of unbranched alkanes of at least 4 members (excludes halogenated alkanes) is 1. The van der Waals surface area contributed by atoms with Crippen LogP contribution in [0.2, 0.25) is 0 Å². The van der Waals surface area contributed by atoms with E-state index in [1.54, 1.807) is 24.3 Å². The van der Waals surface area contributed by atoms with Crippen molar-refractivity contribution in [1.82, 2.24) is 0 Å². The quantitative estimate of drug-likeness (QED) is 0.249. The molecule has 0 aromatic heterocycles. The molecule has 0 fully saturated rings. The predicted molar refractivity (Wildman–Crippen MR) is 101 cm³/mol. The van der Waals surface area contributed by atoms with Crippen molar-refractivity contribution in [2.24, 2.45) is 0 Å². The number of benzene rings is 3. The maximum Gasteiger partial charge on any atom is 0.194 e. The Morgan fingerprint density at radius 1 is 0.793 bits per heavy atom. The monoisotopic (exact) mass is 404 g/mol. The van der Waals surface area contributed by atoms with Gasteiger partial charge in [0.2, 0.25) is 0 Å². The van der Waals surface area contributed by atoms with Crippen LogP contribution in [-0.4, -0.2) is 6.29 Å². The molecule has 1 nitrogen and oxygen atoms in total. The minimum atomic E-state index is -1.68. The second kappa shape index (κ2) is 8.55. The molecule has 150 valence electrons. The predicted octanol–water partition coefficient (Wildman–Crippen LogP) is 6.87. The summed E-state index contributed by atoms with van der Waals surface area (Å²) in [4.78, 5) is 11.2. The van der Waals surface area contributed by atoms with Crippen LogP contribution in [0.1, 0.15) is 35.7 Å². The third-order valence-corrected chi connectivity index (χ3v) is 4.73. The average Bonchev–Trinajstić information content (AvgIpc) is 2.70. The molecule has 3 aromatic carbocycles. The lowest BCUT2D eigenvalue weighted by Gasteiger charge is -2.15. The number of hydrogen-bond donors (Lipinski definition) is 0. The molecule has 0 N–H and O–H groups in total. The Hall–Kier alpha value is -3.02. The maximum atomic E-state index is 15.0. The number of hydrogen-bond acceptors (Lipinski definition) is 1. The van der Waals surface area contributed by atoms with E-state index in [9.17, 15) is 22.4 Å². The van der Waals surface area contributed by atoms with Crippen molar-refractivity contribution >= 4 is 6.29 Å². The fraction of sp³-hybridized carbons (Fsp3) is 0.174. The van der Waals surface area contributed by atoms with E-state index in [1.165, 1.54) is 0 Å². The third kappa shape index (κ3) is 4.06. The Balaban J connectivity index is 2.23. The van der Waals surface area contributed by atoms with E-state index in [0.717, 1.165) is 30.9 Å². The summed E-state index contributed by atoms with van der Waals surface area (Å²) >= 11 is 0. The first-order valence-electron chi connectivity index (χ1n) is 9.08.